The van der Waals surface area contributed by atoms with Crippen molar-refractivity contribution in [2.75, 3.05) is 6.54 Å². The number of carbonyl (C=O) groups is 2. The third-order valence-corrected chi connectivity index (χ3v) is 6.22. The van der Waals surface area contributed by atoms with Crippen LogP contribution in [0.25, 0.3) is 0 Å². The highest BCUT2D eigenvalue weighted by atomic mass is 16.2. The van der Waals surface area contributed by atoms with Crippen molar-refractivity contribution in [1.29, 1.82) is 0 Å². The average molecular weight is 356 g/mol. The predicted molar refractivity (Wildman–Crippen MR) is 105 cm³/mol. The number of rotatable bonds is 6. The molecule has 0 spiro atoms. The molecule has 26 heavy (non-hydrogen) atoms. The number of piperidine rings is 1. The molecule has 0 N–H and O–H groups in total. The summed E-state index contributed by atoms with van der Waals surface area (Å²) in [6.45, 7) is 5.70. The highest BCUT2D eigenvalue weighted by Crippen LogP contribution is 2.29. The molecule has 1 aliphatic carbocycles. The summed E-state index contributed by atoms with van der Waals surface area (Å²) in [6, 6.07) is 6.42. The molecule has 1 aromatic carbocycles. The molecule has 2 fully saturated rings. The molecule has 3 heteroatoms. The first-order chi connectivity index (χ1) is 12.5. The van der Waals surface area contributed by atoms with Crippen molar-refractivity contribution in [3.05, 3.63) is 34.9 Å². The Morgan fingerprint density at radius 2 is 1.81 bits per heavy atom. The first-order valence-corrected chi connectivity index (χ1v) is 10.4. The topological polar surface area (TPSA) is 37.4 Å². The van der Waals surface area contributed by atoms with Gasteiger partial charge in [-0.15, -0.1) is 0 Å². The first kappa shape index (κ1) is 19.1. The minimum Gasteiger partial charge on any atom is -0.338 e. The van der Waals surface area contributed by atoms with E-state index in [1.165, 1.54) is 48.8 Å². The lowest BCUT2D eigenvalue weighted by Crippen LogP contribution is -2.41. The van der Waals surface area contributed by atoms with Crippen LogP contribution in [-0.2, 0) is 16.1 Å². The molecule has 0 aromatic heterocycles. The summed E-state index contributed by atoms with van der Waals surface area (Å²) < 4.78 is 0. The number of hydrogen-bond acceptors (Lipinski definition) is 2. The van der Waals surface area contributed by atoms with Gasteiger partial charge in [-0.2, -0.15) is 0 Å². The lowest BCUT2D eigenvalue weighted by atomic mass is 9.83. The second kappa shape index (κ2) is 8.83. The molecule has 1 aliphatic heterocycles. The maximum atomic E-state index is 12.9. The van der Waals surface area contributed by atoms with E-state index in [1.807, 2.05) is 4.90 Å². The van der Waals surface area contributed by atoms with Gasteiger partial charge in [0.2, 0.25) is 5.91 Å². The van der Waals surface area contributed by atoms with Crippen molar-refractivity contribution in [3.63, 3.8) is 0 Å². The predicted octanol–water partition coefficient (Wildman–Crippen LogP) is 4.97. The van der Waals surface area contributed by atoms with Gasteiger partial charge in [0.25, 0.3) is 0 Å². The number of aryl methyl sites for hydroxylation is 2. The number of nitrogens with zero attached hydrogens (tertiary/aromatic N) is 1. The highest BCUT2D eigenvalue weighted by Gasteiger charge is 2.31. The van der Waals surface area contributed by atoms with E-state index >= 15 is 0 Å². The van der Waals surface area contributed by atoms with E-state index in [2.05, 4.69) is 32.0 Å². The molecule has 1 unspecified atom stereocenters. The number of hydrogen-bond donors (Lipinski definition) is 0. The molecule has 1 aromatic rings. The van der Waals surface area contributed by atoms with E-state index in [0.717, 1.165) is 19.4 Å². The van der Waals surface area contributed by atoms with Crippen molar-refractivity contribution in [2.45, 2.75) is 78.2 Å². The molecule has 3 rings (SSSR count). The van der Waals surface area contributed by atoms with Gasteiger partial charge >= 0.3 is 0 Å². The van der Waals surface area contributed by atoms with Gasteiger partial charge in [0.1, 0.15) is 5.78 Å². The Hall–Kier alpha value is -1.64. The van der Waals surface area contributed by atoms with Crippen LogP contribution in [0.1, 0.15) is 74.5 Å². The SMILES string of the molecule is Cc1ccc(CN2CCCC(CC(=O)CC3CCCCC3)C2=O)c(C)c1. The van der Waals surface area contributed by atoms with Gasteiger partial charge in [-0.25, -0.2) is 0 Å². The smallest absolute Gasteiger partial charge is 0.226 e. The van der Waals surface area contributed by atoms with E-state index in [-0.39, 0.29) is 11.8 Å². The van der Waals surface area contributed by atoms with Crippen LogP contribution >= 0.6 is 0 Å². The van der Waals surface area contributed by atoms with Crippen LogP contribution in [0, 0.1) is 25.7 Å². The van der Waals surface area contributed by atoms with Crippen molar-refractivity contribution in [2.24, 2.45) is 11.8 Å². The first-order valence-electron chi connectivity index (χ1n) is 10.4. The van der Waals surface area contributed by atoms with E-state index in [9.17, 15) is 9.59 Å². The summed E-state index contributed by atoms with van der Waals surface area (Å²) in [5.74, 6) is 0.976. The number of amides is 1. The minimum atomic E-state index is -0.0920. The Kier molecular flexibility index (Phi) is 6.50. The molecule has 0 bridgehead atoms. The van der Waals surface area contributed by atoms with Gasteiger partial charge in [-0.05, 0) is 43.7 Å². The maximum absolute atomic E-state index is 12.9. The van der Waals surface area contributed by atoms with Crippen LogP contribution in [0.5, 0.6) is 0 Å². The normalized spacial score (nSPS) is 21.8. The quantitative estimate of drug-likeness (QED) is 0.722. The summed E-state index contributed by atoms with van der Waals surface area (Å²) >= 11 is 0. The van der Waals surface area contributed by atoms with Crippen molar-refractivity contribution in [3.8, 4) is 0 Å². The number of Topliss-reactive ketones (excluding diaryl/α,β-unsaturated/α-hetero) is 1. The van der Waals surface area contributed by atoms with E-state index < -0.39 is 0 Å². The highest BCUT2D eigenvalue weighted by molar-refractivity contribution is 5.87. The minimum absolute atomic E-state index is 0.0920. The molecule has 2 aliphatic rings. The summed E-state index contributed by atoms with van der Waals surface area (Å²) in [4.78, 5) is 27.4. The van der Waals surface area contributed by atoms with E-state index in [1.54, 1.807) is 0 Å². The van der Waals surface area contributed by atoms with Gasteiger partial charge in [-0.3, -0.25) is 9.59 Å². The standard InChI is InChI=1S/C23H33NO2/c1-17-10-11-21(18(2)13-17)16-24-12-6-9-20(23(24)26)15-22(25)14-19-7-4-3-5-8-19/h10-11,13,19-20H,3-9,12,14-16H2,1-2H3. The molecular weight excluding hydrogens is 322 g/mol. The third-order valence-electron chi connectivity index (χ3n) is 6.22. The molecule has 1 amide bonds. The van der Waals surface area contributed by atoms with Gasteiger partial charge in [0, 0.05) is 31.8 Å². The van der Waals surface area contributed by atoms with Gasteiger partial charge in [0.05, 0.1) is 0 Å². The summed E-state index contributed by atoms with van der Waals surface area (Å²) in [5, 5.41) is 0. The second-order valence-electron chi connectivity index (χ2n) is 8.48. The average Bonchev–Trinajstić information content (AvgIpc) is 2.61. The zero-order valence-electron chi connectivity index (χ0n) is 16.4. The number of ketones is 1. The fourth-order valence-corrected chi connectivity index (χ4v) is 4.67. The maximum Gasteiger partial charge on any atom is 0.226 e. The third kappa shape index (κ3) is 4.96. The largest absolute Gasteiger partial charge is 0.338 e. The van der Waals surface area contributed by atoms with Crippen molar-refractivity contribution in [1.82, 2.24) is 4.90 Å². The Morgan fingerprint density at radius 3 is 2.54 bits per heavy atom. The van der Waals surface area contributed by atoms with E-state index in [0.29, 0.717) is 31.1 Å². The van der Waals surface area contributed by atoms with E-state index in [4.69, 9.17) is 0 Å². The van der Waals surface area contributed by atoms with Crippen molar-refractivity contribution < 1.29 is 9.59 Å². The fraction of sp³-hybridized carbons (Fsp3) is 0.652. The Bertz CT molecular complexity index is 646. The molecule has 1 saturated heterocycles. The number of benzene rings is 1. The molecule has 0 radical (unpaired) electrons. The molecular formula is C23H33NO2. The van der Waals surface area contributed by atoms with Gasteiger partial charge in [0.15, 0.2) is 0 Å². The Labute approximate surface area is 158 Å². The molecule has 1 saturated carbocycles. The lowest BCUT2D eigenvalue weighted by Gasteiger charge is -2.33. The Morgan fingerprint density at radius 1 is 1.04 bits per heavy atom. The summed E-state index contributed by atoms with van der Waals surface area (Å²) in [5.41, 5.74) is 3.72. The van der Waals surface area contributed by atoms with Crippen molar-refractivity contribution >= 4 is 11.7 Å². The summed E-state index contributed by atoms with van der Waals surface area (Å²) in [6.07, 6.45) is 9.29. The van der Waals surface area contributed by atoms with Gasteiger partial charge < -0.3 is 4.90 Å². The lowest BCUT2D eigenvalue weighted by molar-refractivity contribution is -0.141. The Balaban J connectivity index is 1.55. The van der Waals surface area contributed by atoms with Crippen LogP contribution in [-0.4, -0.2) is 23.1 Å². The zero-order chi connectivity index (χ0) is 18.5. The monoisotopic (exact) mass is 355 g/mol. The molecule has 1 atom stereocenters. The molecule has 3 nitrogen and oxygen atoms in total. The molecule has 1 heterocycles. The van der Waals surface area contributed by atoms with Crippen LogP contribution in [0.3, 0.4) is 0 Å². The fourth-order valence-electron chi connectivity index (χ4n) is 4.67. The van der Waals surface area contributed by atoms with Crippen LogP contribution in [0.2, 0.25) is 0 Å². The second-order valence-corrected chi connectivity index (χ2v) is 8.48. The van der Waals surface area contributed by atoms with Crippen LogP contribution in [0.4, 0.5) is 0 Å². The number of likely N-dealkylation sites (tertiary alicyclic amines) is 1. The van der Waals surface area contributed by atoms with Crippen LogP contribution < -0.4 is 0 Å². The number of carbonyl (C=O) groups excluding carboxylic acids is 2. The van der Waals surface area contributed by atoms with Gasteiger partial charge in [-0.1, -0.05) is 55.9 Å². The summed E-state index contributed by atoms with van der Waals surface area (Å²) in [7, 11) is 0. The zero-order valence-corrected chi connectivity index (χ0v) is 16.4. The molecule has 142 valence electrons. The van der Waals surface area contributed by atoms with Crippen LogP contribution in [0.15, 0.2) is 18.2 Å².